The summed E-state index contributed by atoms with van der Waals surface area (Å²) in [5, 5.41) is 0. The van der Waals surface area contributed by atoms with E-state index in [1.165, 1.54) is 5.56 Å². The van der Waals surface area contributed by atoms with Gasteiger partial charge in [0, 0.05) is 24.6 Å². The zero-order valence-corrected chi connectivity index (χ0v) is 15.9. The Morgan fingerprint density at radius 1 is 1.07 bits per heavy atom. The van der Waals surface area contributed by atoms with Crippen molar-refractivity contribution in [1.82, 2.24) is 14.5 Å². The van der Waals surface area contributed by atoms with Gasteiger partial charge in [-0.3, -0.25) is 4.79 Å². The molecule has 0 saturated heterocycles. The Bertz CT molecular complexity index is 1170. The molecule has 5 heteroatoms. The van der Waals surface area contributed by atoms with Gasteiger partial charge in [-0.15, -0.1) is 0 Å². The summed E-state index contributed by atoms with van der Waals surface area (Å²) in [4.78, 5) is 20.6. The fourth-order valence-corrected chi connectivity index (χ4v) is 3.55. The molecule has 0 aliphatic rings. The Kier molecular flexibility index (Phi) is 4.15. The lowest BCUT2D eigenvalue weighted by atomic mass is 10.0. The van der Waals surface area contributed by atoms with E-state index < -0.39 is 0 Å². The van der Waals surface area contributed by atoms with Crippen molar-refractivity contribution in [1.29, 1.82) is 0 Å². The standard InChI is InChI=1S/C22H21N3O2/c1-5-25-19-9-7-16(12-26)11-18(19)24-22(25)20-21(27-15(4)23-20)17-8-6-13(2)10-14(17)3/h6-12H,5H2,1-4H3. The number of fused-ring (bicyclic) bond motifs is 1. The molecule has 0 atom stereocenters. The summed E-state index contributed by atoms with van der Waals surface area (Å²) >= 11 is 0. The highest BCUT2D eigenvalue weighted by Gasteiger charge is 2.22. The number of benzene rings is 2. The van der Waals surface area contributed by atoms with Crippen LogP contribution in [0.5, 0.6) is 0 Å². The van der Waals surface area contributed by atoms with Crippen LogP contribution in [0.4, 0.5) is 0 Å². The first kappa shape index (κ1) is 17.2. The summed E-state index contributed by atoms with van der Waals surface area (Å²) in [6.45, 7) is 8.81. The van der Waals surface area contributed by atoms with Crippen LogP contribution in [0.25, 0.3) is 33.9 Å². The van der Waals surface area contributed by atoms with Crippen LogP contribution in [-0.2, 0) is 6.54 Å². The number of nitrogens with zero attached hydrogens (tertiary/aromatic N) is 3. The van der Waals surface area contributed by atoms with E-state index in [2.05, 4.69) is 48.5 Å². The number of rotatable bonds is 4. The van der Waals surface area contributed by atoms with Gasteiger partial charge in [0.1, 0.15) is 6.29 Å². The van der Waals surface area contributed by atoms with Crippen molar-refractivity contribution >= 4 is 17.3 Å². The van der Waals surface area contributed by atoms with E-state index >= 15 is 0 Å². The number of carbonyl (C=O) groups excluding carboxylic acids is 1. The van der Waals surface area contributed by atoms with E-state index in [4.69, 9.17) is 9.40 Å². The Morgan fingerprint density at radius 2 is 1.89 bits per heavy atom. The molecule has 0 bridgehead atoms. The SMILES string of the molecule is CCn1c(-c2nc(C)oc2-c2ccc(C)cc2C)nc2cc(C=O)ccc21. The van der Waals surface area contributed by atoms with E-state index in [1.807, 2.05) is 25.1 Å². The maximum atomic E-state index is 11.1. The predicted molar refractivity (Wildman–Crippen MR) is 106 cm³/mol. The molecular formula is C22H21N3O2. The van der Waals surface area contributed by atoms with Crippen LogP contribution in [0, 0.1) is 20.8 Å². The molecule has 27 heavy (non-hydrogen) atoms. The van der Waals surface area contributed by atoms with Crippen molar-refractivity contribution in [2.75, 3.05) is 0 Å². The fourth-order valence-electron chi connectivity index (χ4n) is 3.55. The Balaban J connectivity index is 1.98. The van der Waals surface area contributed by atoms with Gasteiger partial charge in [-0.1, -0.05) is 23.8 Å². The summed E-state index contributed by atoms with van der Waals surface area (Å²) in [6.07, 6.45) is 0.839. The summed E-state index contributed by atoms with van der Waals surface area (Å²) in [7, 11) is 0. The maximum absolute atomic E-state index is 11.1. The van der Waals surface area contributed by atoms with Gasteiger partial charge >= 0.3 is 0 Å². The maximum Gasteiger partial charge on any atom is 0.192 e. The Labute approximate surface area is 157 Å². The summed E-state index contributed by atoms with van der Waals surface area (Å²) in [5.74, 6) is 2.08. The summed E-state index contributed by atoms with van der Waals surface area (Å²) in [6, 6.07) is 11.8. The molecule has 0 aliphatic carbocycles. The van der Waals surface area contributed by atoms with Gasteiger partial charge in [-0.25, -0.2) is 9.97 Å². The number of aromatic nitrogens is 3. The highest BCUT2D eigenvalue weighted by molar-refractivity contribution is 5.88. The second-order valence-corrected chi connectivity index (χ2v) is 6.77. The lowest BCUT2D eigenvalue weighted by Gasteiger charge is -2.08. The van der Waals surface area contributed by atoms with E-state index in [0.29, 0.717) is 11.5 Å². The zero-order valence-electron chi connectivity index (χ0n) is 15.9. The number of hydrogen-bond acceptors (Lipinski definition) is 4. The molecule has 0 amide bonds. The molecule has 2 heterocycles. The molecule has 2 aromatic carbocycles. The number of aryl methyl sites for hydroxylation is 4. The van der Waals surface area contributed by atoms with Crippen LogP contribution in [0.15, 0.2) is 40.8 Å². The molecule has 0 radical (unpaired) electrons. The fraction of sp³-hybridized carbons (Fsp3) is 0.227. The van der Waals surface area contributed by atoms with Crippen LogP contribution < -0.4 is 0 Å². The molecule has 2 aromatic heterocycles. The van der Waals surface area contributed by atoms with Gasteiger partial charge in [-0.05, 0) is 44.5 Å². The molecule has 0 unspecified atom stereocenters. The monoisotopic (exact) mass is 359 g/mol. The van der Waals surface area contributed by atoms with Gasteiger partial charge in [0.25, 0.3) is 0 Å². The zero-order chi connectivity index (χ0) is 19.1. The molecule has 5 nitrogen and oxygen atoms in total. The quantitative estimate of drug-likeness (QED) is 0.475. The second kappa shape index (κ2) is 6.50. The van der Waals surface area contributed by atoms with Gasteiger partial charge in [0.05, 0.1) is 11.0 Å². The topological polar surface area (TPSA) is 60.9 Å². The van der Waals surface area contributed by atoms with Crippen LogP contribution in [0.1, 0.15) is 34.3 Å². The summed E-state index contributed by atoms with van der Waals surface area (Å²) < 4.78 is 8.10. The van der Waals surface area contributed by atoms with Crippen molar-refractivity contribution in [3.05, 3.63) is 59.0 Å². The highest BCUT2D eigenvalue weighted by atomic mass is 16.4. The lowest BCUT2D eigenvalue weighted by molar-refractivity contribution is 0.112. The molecule has 0 saturated carbocycles. The van der Waals surface area contributed by atoms with E-state index in [9.17, 15) is 4.79 Å². The third-order valence-electron chi connectivity index (χ3n) is 4.80. The molecular weight excluding hydrogens is 338 g/mol. The lowest BCUT2D eigenvalue weighted by Crippen LogP contribution is -1.99. The van der Waals surface area contributed by atoms with Crippen LogP contribution >= 0.6 is 0 Å². The van der Waals surface area contributed by atoms with Gasteiger partial charge in [0.2, 0.25) is 0 Å². The molecule has 4 aromatic rings. The van der Waals surface area contributed by atoms with Gasteiger partial charge in [-0.2, -0.15) is 0 Å². The summed E-state index contributed by atoms with van der Waals surface area (Å²) in [5.41, 5.74) is 6.45. The number of imidazole rings is 1. The van der Waals surface area contributed by atoms with Crippen LogP contribution in [-0.4, -0.2) is 20.8 Å². The van der Waals surface area contributed by atoms with Crippen LogP contribution in [0.2, 0.25) is 0 Å². The van der Waals surface area contributed by atoms with Gasteiger partial charge in [0.15, 0.2) is 23.2 Å². The first-order chi connectivity index (χ1) is 13.0. The Morgan fingerprint density at radius 3 is 2.59 bits per heavy atom. The van der Waals surface area contributed by atoms with Crippen molar-refractivity contribution in [3.8, 4) is 22.8 Å². The minimum Gasteiger partial charge on any atom is -0.440 e. The van der Waals surface area contributed by atoms with E-state index in [0.717, 1.165) is 52.3 Å². The number of aldehydes is 1. The minimum atomic E-state index is 0.600. The second-order valence-electron chi connectivity index (χ2n) is 6.77. The molecule has 0 fully saturated rings. The molecule has 0 aliphatic heterocycles. The molecule has 136 valence electrons. The predicted octanol–water partition coefficient (Wildman–Crippen LogP) is 5.12. The first-order valence-electron chi connectivity index (χ1n) is 9.02. The van der Waals surface area contributed by atoms with E-state index in [1.54, 1.807) is 0 Å². The minimum absolute atomic E-state index is 0.600. The third kappa shape index (κ3) is 2.85. The van der Waals surface area contributed by atoms with Crippen molar-refractivity contribution < 1.29 is 9.21 Å². The average Bonchev–Trinajstić information content (AvgIpc) is 3.20. The first-order valence-corrected chi connectivity index (χ1v) is 9.02. The van der Waals surface area contributed by atoms with Crippen molar-refractivity contribution in [2.45, 2.75) is 34.2 Å². The molecule has 0 spiro atoms. The third-order valence-corrected chi connectivity index (χ3v) is 4.80. The normalized spacial score (nSPS) is 11.3. The van der Waals surface area contributed by atoms with E-state index in [-0.39, 0.29) is 0 Å². The highest BCUT2D eigenvalue weighted by Crippen LogP contribution is 2.35. The molecule has 4 rings (SSSR count). The Hall–Kier alpha value is -3.21. The van der Waals surface area contributed by atoms with Gasteiger partial charge < -0.3 is 8.98 Å². The smallest absolute Gasteiger partial charge is 0.192 e. The number of carbonyl (C=O) groups is 1. The number of oxazole rings is 1. The average molecular weight is 359 g/mol. The largest absolute Gasteiger partial charge is 0.440 e. The van der Waals surface area contributed by atoms with Crippen LogP contribution in [0.3, 0.4) is 0 Å². The number of hydrogen-bond donors (Lipinski definition) is 0. The molecule has 0 N–H and O–H groups in total. The van der Waals surface area contributed by atoms with Crippen molar-refractivity contribution in [3.63, 3.8) is 0 Å². The van der Waals surface area contributed by atoms with Crippen molar-refractivity contribution in [2.24, 2.45) is 0 Å².